The number of rotatable bonds is 6. The second-order valence-electron chi connectivity index (χ2n) is 5.29. The number of unbranched alkanes of at least 4 members (excludes halogenated alkanes) is 1. The van der Waals surface area contributed by atoms with E-state index in [9.17, 15) is 0 Å². The largest absolute Gasteiger partial charge is 0.381 e. The molecule has 0 unspecified atom stereocenters. The van der Waals surface area contributed by atoms with E-state index >= 15 is 0 Å². The number of piperidine rings is 1. The van der Waals surface area contributed by atoms with Crippen molar-refractivity contribution in [3.63, 3.8) is 0 Å². The quantitative estimate of drug-likeness (QED) is 0.771. The first kappa shape index (κ1) is 15.9. The van der Waals surface area contributed by atoms with Gasteiger partial charge in [0.2, 0.25) is 0 Å². The molecule has 1 aliphatic heterocycles. The van der Waals surface area contributed by atoms with Crippen molar-refractivity contribution in [3.8, 4) is 0 Å². The van der Waals surface area contributed by atoms with Crippen molar-refractivity contribution >= 4 is 28.9 Å². The number of benzene rings is 1. The van der Waals surface area contributed by atoms with E-state index in [1.54, 1.807) is 0 Å². The number of hydrogen-bond acceptors (Lipinski definition) is 3. The molecule has 1 aromatic rings. The van der Waals surface area contributed by atoms with Crippen LogP contribution in [0.15, 0.2) is 18.2 Å². The van der Waals surface area contributed by atoms with Gasteiger partial charge in [0.05, 0.1) is 10.7 Å². The summed E-state index contributed by atoms with van der Waals surface area (Å²) in [5.74, 6) is 0. The molecule has 0 atom stereocenters. The van der Waals surface area contributed by atoms with Crippen LogP contribution in [0.5, 0.6) is 0 Å². The number of nitrogens with zero attached hydrogens (tertiary/aromatic N) is 1. The first-order valence-corrected chi connectivity index (χ1v) is 8.14. The van der Waals surface area contributed by atoms with Gasteiger partial charge < -0.3 is 5.32 Å². The number of anilines is 1. The molecule has 2 rings (SSSR count). The average Bonchev–Trinajstić information content (AvgIpc) is 2.45. The highest BCUT2D eigenvalue weighted by molar-refractivity contribution is 6.35. The lowest BCUT2D eigenvalue weighted by atomic mass is 10.1. The lowest BCUT2D eigenvalue weighted by molar-refractivity contribution is 0.147. The summed E-state index contributed by atoms with van der Waals surface area (Å²) in [5.41, 5.74) is 4.43. The Morgan fingerprint density at radius 2 is 2.00 bits per heavy atom. The first-order valence-electron chi connectivity index (χ1n) is 7.39. The maximum atomic E-state index is 6.18. The molecule has 0 amide bonds. The van der Waals surface area contributed by atoms with Gasteiger partial charge in [0.1, 0.15) is 0 Å². The minimum absolute atomic E-state index is 0.468. The topological polar surface area (TPSA) is 27.3 Å². The molecule has 1 fully saturated rings. The van der Waals surface area contributed by atoms with E-state index in [0.717, 1.165) is 48.2 Å². The summed E-state index contributed by atoms with van der Waals surface area (Å²) in [4.78, 5) is 0. The number of nitrogens with one attached hydrogen (secondary N) is 2. The molecule has 1 saturated heterocycles. The van der Waals surface area contributed by atoms with Gasteiger partial charge in [-0.2, -0.15) is 0 Å². The van der Waals surface area contributed by atoms with E-state index in [2.05, 4.69) is 22.7 Å². The molecule has 0 bridgehead atoms. The van der Waals surface area contributed by atoms with Crippen LogP contribution in [-0.4, -0.2) is 30.7 Å². The minimum atomic E-state index is 0.468. The molecular formula is C15H23Cl2N3. The van der Waals surface area contributed by atoms with Crippen LogP contribution in [0.3, 0.4) is 0 Å². The molecule has 112 valence electrons. The van der Waals surface area contributed by atoms with Gasteiger partial charge in [-0.15, -0.1) is 0 Å². The lowest BCUT2D eigenvalue weighted by Gasteiger charge is -2.33. The van der Waals surface area contributed by atoms with Gasteiger partial charge in [0, 0.05) is 30.7 Å². The molecular weight excluding hydrogens is 293 g/mol. The van der Waals surface area contributed by atoms with Crippen molar-refractivity contribution in [2.24, 2.45) is 0 Å². The maximum Gasteiger partial charge on any atom is 0.0638 e. The van der Waals surface area contributed by atoms with Crippen LogP contribution in [0.25, 0.3) is 0 Å². The van der Waals surface area contributed by atoms with Crippen molar-refractivity contribution in [1.29, 1.82) is 0 Å². The summed E-state index contributed by atoms with van der Waals surface area (Å²) >= 11 is 12.2. The minimum Gasteiger partial charge on any atom is -0.381 e. The maximum absolute atomic E-state index is 6.18. The average molecular weight is 316 g/mol. The van der Waals surface area contributed by atoms with E-state index in [1.807, 2.05) is 18.2 Å². The summed E-state index contributed by atoms with van der Waals surface area (Å²) in [7, 11) is 0. The van der Waals surface area contributed by atoms with E-state index in [4.69, 9.17) is 23.2 Å². The fraction of sp³-hybridized carbons (Fsp3) is 0.600. The monoisotopic (exact) mass is 315 g/mol. The molecule has 0 saturated carbocycles. The molecule has 0 aliphatic carbocycles. The van der Waals surface area contributed by atoms with Crippen molar-refractivity contribution in [2.75, 3.05) is 25.0 Å². The van der Waals surface area contributed by atoms with Gasteiger partial charge in [-0.1, -0.05) is 36.5 Å². The lowest BCUT2D eigenvalue weighted by Crippen LogP contribution is -2.46. The predicted octanol–water partition coefficient (Wildman–Crippen LogP) is 4.17. The number of halogens is 2. The second kappa shape index (κ2) is 8.08. The molecule has 1 aliphatic rings. The molecule has 0 radical (unpaired) electrons. The Labute approximate surface area is 131 Å². The molecule has 20 heavy (non-hydrogen) atoms. The molecule has 2 N–H and O–H groups in total. The van der Waals surface area contributed by atoms with Gasteiger partial charge in [0.25, 0.3) is 0 Å². The van der Waals surface area contributed by atoms with Crippen molar-refractivity contribution in [2.45, 2.75) is 38.6 Å². The third-order valence-corrected chi connectivity index (χ3v) is 4.21. The van der Waals surface area contributed by atoms with Crippen LogP contribution in [0.4, 0.5) is 5.69 Å². The van der Waals surface area contributed by atoms with Crippen LogP contribution >= 0.6 is 23.2 Å². The summed E-state index contributed by atoms with van der Waals surface area (Å²) in [5, 5.41) is 7.29. The Bertz CT molecular complexity index is 418. The third-order valence-electron chi connectivity index (χ3n) is 3.65. The van der Waals surface area contributed by atoms with Gasteiger partial charge in [-0.05, 0) is 37.5 Å². The standard InChI is InChI=1S/C15H23Cl2N3/c1-2-3-8-18-20-9-6-13(7-10-20)19-15-11-12(16)4-5-14(15)17/h4-5,11,13,18-19H,2-3,6-10H2,1H3. The Morgan fingerprint density at radius 1 is 1.25 bits per heavy atom. The molecule has 3 nitrogen and oxygen atoms in total. The van der Waals surface area contributed by atoms with Crippen LogP contribution in [0.1, 0.15) is 32.6 Å². The second-order valence-corrected chi connectivity index (χ2v) is 6.14. The highest BCUT2D eigenvalue weighted by Crippen LogP contribution is 2.27. The highest BCUT2D eigenvalue weighted by atomic mass is 35.5. The van der Waals surface area contributed by atoms with E-state index in [-0.39, 0.29) is 0 Å². The summed E-state index contributed by atoms with van der Waals surface area (Å²) in [6.07, 6.45) is 4.69. The van der Waals surface area contributed by atoms with Crippen LogP contribution < -0.4 is 10.7 Å². The van der Waals surface area contributed by atoms with Crippen LogP contribution in [0, 0.1) is 0 Å². The molecule has 0 spiro atoms. The molecule has 5 heteroatoms. The Kier molecular flexibility index (Phi) is 6.43. The first-order chi connectivity index (χ1) is 9.69. The van der Waals surface area contributed by atoms with Gasteiger partial charge in [-0.3, -0.25) is 5.43 Å². The zero-order valence-corrected chi connectivity index (χ0v) is 13.5. The van der Waals surface area contributed by atoms with Crippen molar-refractivity contribution in [3.05, 3.63) is 28.2 Å². The summed E-state index contributed by atoms with van der Waals surface area (Å²) in [6.45, 7) is 5.43. The van der Waals surface area contributed by atoms with Gasteiger partial charge >= 0.3 is 0 Å². The summed E-state index contributed by atoms with van der Waals surface area (Å²) in [6, 6.07) is 6.02. The predicted molar refractivity (Wildman–Crippen MR) is 87.6 cm³/mol. The van der Waals surface area contributed by atoms with E-state index in [0.29, 0.717) is 6.04 Å². The van der Waals surface area contributed by atoms with Gasteiger partial charge in [0.15, 0.2) is 0 Å². The smallest absolute Gasteiger partial charge is 0.0638 e. The molecule has 1 heterocycles. The van der Waals surface area contributed by atoms with Crippen molar-refractivity contribution in [1.82, 2.24) is 10.4 Å². The van der Waals surface area contributed by atoms with Crippen LogP contribution in [0.2, 0.25) is 10.0 Å². The Morgan fingerprint density at radius 3 is 2.70 bits per heavy atom. The normalized spacial score (nSPS) is 17.4. The summed E-state index contributed by atoms with van der Waals surface area (Å²) < 4.78 is 0. The SMILES string of the molecule is CCCCNN1CCC(Nc2cc(Cl)ccc2Cl)CC1. The van der Waals surface area contributed by atoms with E-state index < -0.39 is 0 Å². The number of hydrazine groups is 1. The van der Waals surface area contributed by atoms with Crippen molar-refractivity contribution < 1.29 is 0 Å². The molecule has 1 aromatic carbocycles. The zero-order chi connectivity index (χ0) is 14.4. The Balaban J connectivity index is 1.78. The Hall–Kier alpha value is -0.480. The fourth-order valence-corrected chi connectivity index (χ4v) is 2.77. The zero-order valence-electron chi connectivity index (χ0n) is 12.0. The van der Waals surface area contributed by atoms with Gasteiger partial charge in [-0.25, -0.2) is 5.01 Å². The highest BCUT2D eigenvalue weighted by Gasteiger charge is 2.19. The fourth-order valence-electron chi connectivity index (χ4n) is 2.42. The van der Waals surface area contributed by atoms with E-state index in [1.165, 1.54) is 12.8 Å². The molecule has 0 aromatic heterocycles. The third kappa shape index (κ3) is 4.81. The van der Waals surface area contributed by atoms with Crippen LogP contribution in [-0.2, 0) is 0 Å². The number of hydrogen-bond donors (Lipinski definition) is 2.